The van der Waals surface area contributed by atoms with Crippen molar-refractivity contribution in [2.24, 2.45) is 11.7 Å². The van der Waals surface area contributed by atoms with E-state index in [0.717, 1.165) is 28.3 Å². The van der Waals surface area contributed by atoms with Gasteiger partial charge in [0.1, 0.15) is 0 Å². The van der Waals surface area contributed by atoms with Gasteiger partial charge < -0.3 is 10.6 Å². The molecule has 1 aliphatic heterocycles. The molecule has 3 nitrogen and oxygen atoms in total. The van der Waals surface area contributed by atoms with Crippen molar-refractivity contribution in [1.82, 2.24) is 4.90 Å². The van der Waals surface area contributed by atoms with E-state index in [1.807, 2.05) is 29.2 Å². The van der Waals surface area contributed by atoms with Crippen LogP contribution in [0.15, 0.2) is 30.3 Å². The molecule has 24 heavy (non-hydrogen) atoms. The smallest absolute Gasteiger partial charge is 0.264 e. The molecule has 2 atom stereocenters. The summed E-state index contributed by atoms with van der Waals surface area (Å²) in [6, 6.07) is 9.59. The molecule has 0 saturated carbocycles. The van der Waals surface area contributed by atoms with Gasteiger partial charge in [-0.15, -0.1) is 23.7 Å². The van der Waals surface area contributed by atoms with Gasteiger partial charge in [-0.2, -0.15) is 0 Å². The van der Waals surface area contributed by atoms with Crippen molar-refractivity contribution in [3.8, 4) is 10.4 Å². The van der Waals surface area contributed by atoms with Gasteiger partial charge in [-0.3, -0.25) is 4.79 Å². The molecule has 1 amide bonds. The topological polar surface area (TPSA) is 46.3 Å². The Morgan fingerprint density at radius 3 is 2.67 bits per heavy atom. The Balaban J connectivity index is 0.00000208. The average molecular weight is 406 g/mol. The van der Waals surface area contributed by atoms with Crippen LogP contribution in [0.5, 0.6) is 0 Å². The molecule has 2 heterocycles. The van der Waals surface area contributed by atoms with Crippen LogP contribution in [-0.2, 0) is 0 Å². The zero-order valence-electron chi connectivity index (χ0n) is 13.2. The number of rotatable bonds is 3. The minimum absolute atomic E-state index is 0. The second-order valence-corrected chi connectivity index (χ2v) is 7.83. The zero-order valence-corrected chi connectivity index (χ0v) is 16.3. The lowest BCUT2D eigenvalue weighted by atomic mass is 10.1. The van der Waals surface area contributed by atoms with Gasteiger partial charge in [0.15, 0.2) is 0 Å². The average Bonchev–Trinajstić information content (AvgIpc) is 3.16. The molecular weight excluding hydrogens is 387 g/mol. The van der Waals surface area contributed by atoms with Crippen LogP contribution >= 0.6 is 46.9 Å². The monoisotopic (exact) mass is 404 g/mol. The molecule has 1 aliphatic rings. The minimum atomic E-state index is 0. The highest BCUT2D eigenvalue weighted by Gasteiger charge is 2.32. The van der Waals surface area contributed by atoms with Gasteiger partial charge >= 0.3 is 0 Å². The third-order valence-electron chi connectivity index (χ3n) is 4.28. The molecule has 0 aliphatic carbocycles. The van der Waals surface area contributed by atoms with Crippen LogP contribution in [0.1, 0.15) is 23.0 Å². The molecule has 2 aromatic rings. The summed E-state index contributed by atoms with van der Waals surface area (Å²) in [7, 11) is 0. The quantitative estimate of drug-likeness (QED) is 0.785. The number of benzene rings is 1. The van der Waals surface area contributed by atoms with Crippen molar-refractivity contribution < 1.29 is 4.79 Å². The first-order chi connectivity index (χ1) is 11.0. The summed E-state index contributed by atoms with van der Waals surface area (Å²) in [6.45, 7) is 3.46. The number of likely N-dealkylation sites (tertiary alicyclic amines) is 1. The van der Waals surface area contributed by atoms with Gasteiger partial charge in [0.05, 0.1) is 14.9 Å². The van der Waals surface area contributed by atoms with Gasteiger partial charge in [0.2, 0.25) is 0 Å². The molecule has 1 fully saturated rings. The molecule has 1 aromatic carbocycles. The Labute approximate surface area is 162 Å². The van der Waals surface area contributed by atoms with E-state index in [-0.39, 0.29) is 24.4 Å². The minimum Gasteiger partial charge on any atom is -0.335 e. The van der Waals surface area contributed by atoms with Crippen LogP contribution in [0.25, 0.3) is 10.4 Å². The fourth-order valence-electron chi connectivity index (χ4n) is 3.00. The highest BCUT2D eigenvalue weighted by Crippen LogP contribution is 2.34. The number of nitrogens with zero attached hydrogens (tertiary/aromatic N) is 1. The zero-order chi connectivity index (χ0) is 16.6. The van der Waals surface area contributed by atoms with Crippen molar-refractivity contribution in [3.63, 3.8) is 0 Å². The van der Waals surface area contributed by atoms with Gasteiger partial charge in [-0.1, -0.05) is 29.3 Å². The highest BCUT2D eigenvalue weighted by molar-refractivity contribution is 7.17. The molecule has 130 valence electrons. The second kappa shape index (κ2) is 8.07. The number of carbonyl (C=O) groups is 1. The molecule has 2 unspecified atom stereocenters. The maximum absolute atomic E-state index is 12.7. The number of thiophene rings is 1. The third kappa shape index (κ3) is 3.89. The molecule has 0 radical (unpaired) electrons. The van der Waals surface area contributed by atoms with Crippen molar-refractivity contribution in [3.05, 3.63) is 45.3 Å². The molecule has 1 aromatic heterocycles. The lowest BCUT2D eigenvalue weighted by Gasteiger charge is -2.20. The summed E-state index contributed by atoms with van der Waals surface area (Å²) < 4.78 is 0. The van der Waals surface area contributed by atoms with E-state index < -0.39 is 0 Å². The third-order valence-corrected chi connectivity index (χ3v) is 6.14. The Bertz CT molecular complexity index is 734. The molecule has 0 spiro atoms. The van der Waals surface area contributed by atoms with Crippen molar-refractivity contribution in [2.45, 2.75) is 19.4 Å². The van der Waals surface area contributed by atoms with Crippen LogP contribution in [0.2, 0.25) is 10.0 Å². The number of hydrogen-bond acceptors (Lipinski definition) is 3. The molecule has 7 heteroatoms. The lowest BCUT2D eigenvalue weighted by Crippen LogP contribution is -2.33. The van der Waals surface area contributed by atoms with Gasteiger partial charge in [0, 0.05) is 17.5 Å². The maximum Gasteiger partial charge on any atom is 0.264 e. The van der Waals surface area contributed by atoms with E-state index in [1.54, 1.807) is 6.07 Å². The van der Waals surface area contributed by atoms with E-state index in [0.29, 0.717) is 22.5 Å². The van der Waals surface area contributed by atoms with E-state index in [9.17, 15) is 4.79 Å². The standard InChI is InChI=1S/C17H18Cl2N2OS.ClH/c1-10-6-11(8-20)9-21(10)17(22)16-5-4-15(23-16)12-2-3-13(18)14(19)7-12;/h2-5,7,10-11H,6,8-9,20H2,1H3;1H. The van der Waals surface area contributed by atoms with Gasteiger partial charge in [0.25, 0.3) is 5.91 Å². The van der Waals surface area contributed by atoms with E-state index in [1.165, 1.54) is 11.3 Å². The Hall–Kier alpha value is -0.780. The van der Waals surface area contributed by atoms with Gasteiger partial charge in [-0.25, -0.2) is 0 Å². The maximum atomic E-state index is 12.7. The second-order valence-electron chi connectivity index (χ2n) is 5.94. The summed E-state index contributed by atoms with van der Waals surface area (Å²) in [5, 5.41) is 1.05. The van der Waals surface area contributed by atoms with Crippen molar-refractivity contribution >= 4 is 52.9 Å². The Kier molecular flexibility index (Phi) is 6.57. The summed E-state index contributed by atoms with van der Waals surface area (Å²) >= 11 is 13.5. The molecule has 0 bridgehead atoms. The summed E-state index contributed by atoms with van der Waals surface area (Å²) in [5.74, 6) is 0.494. The fourth-order valence-corrected chi connectivity index (χ4v) is 4.25. The summed E-state index contributed by atoms with van der Waals surface area (Å²) in [6.07, 6.45) is 0.979. The van der Waals surface area contributed by atoms with E-state index in [4.69, 9.17) is 28.9 Å². The van der Waals surface area contributed by atoms with Crippen LogP contribution in [-0.4, -0.2) is 29.9 Å². The largest absolute Gasteiger partial charge is 0.335 e. The Morgan fingerprint density at radius 1 is 1.29 bits per heavy atom. The first kappa shape index (κ1) is 19.5. The number of nitrogens with two attached hydrogens (primary N) is 1. The number of amides is 1. The van der Waals surface area contributed by atoms with Crippen molar-refractivity contribution in [1.29, 1.82) is 0 Å². The first-order valence-corrected chi connectivity index (χ1v) is 9.13. The van der Waals surface area contributed by atoms with Gasteiger partial charge in [-0.05, 0) is 55.6 Å². The normalized spacial score (nSPS) is 20.1. The summed E-state index contributed by atoms with van der Waals surface area (Å²) in [5.41, 5.74) is 6.72. The molecule has 2 N–H and O–H groups in total. The van der Waals surface area contributed by atoms with E-state index >= 15 is 0 Å². The number of halogens is 3. The number of carbonyl (C=O) groups excluding carboxylic acids is 1. The van der Waals surface area contributed by atoms with Crippen LogP contribution in [0.4, 0.5) is 0 Å². The fraction of sp³-hybridized carbons (Fsp3) is 0.353. The predicted octanol–water partition coefficient (Wildman–Crippen LogP) is 4.95. The lowest BCUT2D eigenvalue weighted by molar-refractivity contribution is 0.0748. The summed E-state index contributed by atoms with van der Waals surface area (Å²) in [4.78, 5) is 16.4. The SMILES string of the molecule is CC1CC(CN)CN1C(=O)c1ccc(-c2ccc(Cl)c(Cl)c2)s1.Cl. The van der Waals surface area contributed by atoms with Crippen LogP contribution < -0.4 is 5.73 Å². The van der Waals surface area contributed by atoms with Crippen LogP contribution in [0.3, 0.4) is 0 Å². The molecule has 3 rings (SSSR count). The Morgan fingerprint density at radius 2 is 2.04 bits per heavy atom. The van der Waals surface area contributed by atoms with Crippen LogP contribution in [0, 0.1) is 5.92 Å². The molecular formula is C17H19Cl3N2OS. The predicted molar refractivity (Wildman–Crippen MR) is 105 cm³/mol. The number of hydrogen-bond donors (Lipinski definition) is 1. The van der Waals surface area contributed by atoms with E-state index in [2.05, 4.69) is 6.92 Å². The van der Waals surface area contributed by atoms with Crippen molar-refractivity contribution in [2.75, 3.05) is 13.1 Å². The molecule has 1 saturated heterocycles. The first-order valence-electron chi connectivity index (χ1n) is 7.56. The highest BCUT2D eigenvalue weighted by atomic mass is 35.5.